The van der Waals surface area contributed by atoms with E-state index in [2.05, 4.69) is 4.18 Å². The molecule has 1 aromatic rings. The molecule has 0 radical (unpaired) electrons. The highest BCUT2D eigenvalue weighted by atomic mass is 32.2. The van der Waals surface area contributed by atoms with Gasteiger partial charge in [0.15, 0.2) is 6.61 Å². The second-order valence-electron chi connectivity index (χ2n) is 7.70. The molecule has 1 saturated carbocycles. The van der Waals surface area contributed by atoms with Gasteiger partial charge in [-0.05, 0) is 49.3 Å². The Morgan fingerprint density at radius 3 is 2.45 bits per heavy atom. The minimum atomic E-state index is -4.74. The average molecular weight is 436 g/mol. The van der Waals surface area contributed by atoms with E-state index >= 15 is 0 Å². The van der Waals surface area contributed by atoms with Gasteiger partial charge in [0.1, 0.15) is 12.7 Å². The number of carbonyl (C=O) groups excluding carboxylic acids is 1. The van der Waals surface area contributed by atoms with Gasteiger partial charge in [-0.2, -0.15) is 21.6 Å². The van der Waals surface area contributed by atoms with E-state index in [0.717, 1.165) is 12.0 Å². The van der Waals surface area contributed by atoms with Crippen LogP contribution in [0, 0.1) is 11.3 Å². The van der Waals surface area contributed by atoms with Crippen LogP contribution in [-0.4, -0.2) is 46.5 Å². The van der Waals surface area contributed by atoms with Crippen LogP contribution in [0.1, 0.15) is 38.2 Å². The standard InChI is InChI=1S/C19H23F3O6S/c1-3-15(16-8-18(16,2)17(23)27-10-13-9-26-13)12-4-6-14(7-5-12)29(24,25)28-11-19(20,21)22/h4-7,13,15-16H,3,8-11H2,1-2H3. The van der Waals surface area contributed by atoms with Crippen LogP contribution in [0.5, 0.6) is 0 Å². The molecular weight excluding hydrogens is 413 g/mol. The molecule has 0 N–H and O–H groups in total. The highest BCUT2D eigenvalue weighted by molar-refractivity contribution is 7.86. The molecular formula is C19H23F3O6S. The molecule has 6 nitrogen and oxygen atoms in total. The number of carbonyl (C=O) groups is 1. The van der Waals surface area contributed by atoms with Crippen LogP contribution in [0.4, 0.5) is 13.2 Å². The smallest absolute Gasteiger partial charge is 0.413 e. The maximum Gasteiger partial charge on any atom is 0.413 e. The van der Waals surface area contributed by atoms with Crippen molar-refractivity contribution in [1.29, 1.82) is 0 Å². The molecule has 1 aliphatic heterocycles. The summed E-state index contributed by atoms with van der Waals surface area (Å²) in [7, 11) is -4.50. The Kier molecular flexibility index (Phi) is 5.99. The molecule has 0 bridgehead atoms. The van der Waals surface area contributed by atoms with Crippen molar-refractivity contribution in [3.63, 3.8) is 0 Å². The van der Waals surface area contributed by atoms with Gasteiger partial charge in [0.25, 0.3) is 10.1 Å². The normalized spacial score (nSPS) is 27.3. The molecule has 1 heterocycles. The number of ether oxygens (including phenoxy) is 2. The van der Waals surface area contributed by atoms with Crippen LogP contribution in [0.2, 0.25) is 0 Å². The lowest BCUT2D eigenvalue weighted by Gasteiger charge is -2.19. The van der Waals surface area contributed by atoms with E-state index < -0.39 is 28.3 Å². The molecule has 4 unspecified atom stereocenters. The van der Waals surface area contributed by atoms with Gasteiger partial charge in [0, 0.05) is 0 Å². The fourth-order valence-corrected chi connectivity index (χ4v) is 4.46. The first kappa shape index (κ1) is 22.0. The number of hydrogen-bond acceptors (Lipinski definition) is 6. The third-order valence-corrected chi connectivity index (χ3v) is 6.75. The quantitative estimate of drug-likeness (QED) is 0.335. The number of halogens is 3. The SMILES string of the molecule is CCC(c1ccc(S(=O)(=O)OCC(F)(F)F)cc1)C1CC1(C)C(=O)OCC1CO1. The van der Waals surface area contributed by atoms with Crippen molar-refractivity contribution >= 4 is 16.1 Å². The van der Waals surface area contributed by atoms with Gasteiger partial charge in [0.05, 0.1) is 16.9 Å². The fourth-order valence-electron chi connectivity index (χ4n) is 3.56. The van der Waals surface area contributed by atoms with Crippen molar-refractivity contribution in [3.8, 4) is 0 Å². The van der Waals surface area contributed by atoms with Crippen molar-refractivity contribution in [1.82, 2.24) is 0 Å². The number of benzene rings is 1. The number of alkyl halides is 3. The van der Waals surface area contributed by atoms with E-state index in [0.29, 0.717) is 13.0 Å². The maximum atomic E-state index is 12.4. The van der Waals surface area contributed by atoms with Crippen LogP contribution >= 0.6 is 0 Å². The van der Waals surface area contributed by atoms with Crippen LogP contribution in [-0.2, 0) is 28.6 Å². The molecule has 29 heavy (non-hydrogen) atoms. The predicted molar refractivity (Wildman–Crippen MR) is 95.6 cm³/mol. The minimum Gasteiger partial charge on any atom is -0.462 e. The Balaban J connectivity index is 1.65. The fraction of sp³-hybridized carbons (Fsp3) is 0.632. The first-order chi connectivity index (χ1) is 13.5. The Bertz CT molecular complexity index is 848. The molecule has 162 valence electrons. The summed E-state index contributed by atoms with van der Waals surface area (Å²) in [5.41, 5.74) is 0.213. The zero-order valence-corrected chi connectivity index (χ0v) is 16.9. The summed E-state index contributed by atoms with van der Waals surface area (Å²) in [6.45, 7) is 2.79. The van der Waals surface area contributed by atoms with Gasteiger partial charge in [-0.15, -0.1) is 0 Å². The lowest BCUT2D eigenvalue weighted by atomic mass is 9.87. The number of rotatable bonds is 9. The van der Waals surface area contributed by atoms with Gasteiger partial charge >= 0.3 is 12.1 Å². The second-order valence-corrected chi connectivity index (χ2v) is 9.31. The summed E-state index contributed by atoms with van der Waals surface area (Å²) in [4.78, 5) is 12.0. The molecule has 0 aromatic heterocycles. The highest BCUT2D eigenvalue weighted by Crippen LogP contribution is 2.60. The number of hydrogen-bond donors (Lipinski definition) is 0. The van der Waals surface area contributed by atoms with E-state index in [-0.39, 0.29) is 35.4 Å². The zero-order chi connectivity index (χ0) is 21.4. The molecule has 10 heteroatoms. The predicted octanol–water partition coefficient (Wildman–Crippen LogP) is 3.42. The Hall–Kier alpha value is -1.65. The van der Waals surface area contributed by atoms with E-state index in [1.807, 2.05) is 13.8 Å². The van der Waals surface area contributed by atoms with Crippen LogP contribution in [0.25, 0.3) is 0 Å². The lowest BCUT2D eigenvalue weighted by molar-refractivity contribution is -0.152. The zero-order valence-electron chi connectivity index (χ0n) is 16.1. The molecule has 1 saturated heterocycles. The molecule has 0 amide bonds. The summed E-state index contributed by atoms with van der Waals surface area (Å²) in [6.07, 6.45) is -3.37. The van der Waals surface area contributed by atoms with Crippen molar-refractivity contribution in [2.24, 2.45) is 11.3 Å². The van der Waals surface area contributed by atoms with Crippen molar-refractivity contribution < 1.29 is 40.0 Å². The summed E-state index contributed by atoms with van der Waals surface area (Å²) in [5, 5.41) is 0. The topological polar surface area (TPSA) is 82.2 Å². The Labute approximate surface area is 167 Å². The third kappa shape index (κ3) is 5.29. The average Bonchev–Trinajstić information content (AvgIpc) is 3.57. The van der Waals surface area contributed by atoms with Crippen molar-refractivity contribution in [2.75, 3.05) is 19.8 Å². The van der Waals surface area contributed by atoms with E-state index in [9.17, 15) is 26.4 Å². The first-order valence-electron chi connectivity index (χ1n) is 9.31. The van der Waals surface area contributed by atoms with E-state index in [1.54, 1.807) is 12.1 Å². The van der Waals surface area contributed by atoms with Gasteiger partial charge in [-0.3, -0.25) is 8.98 Å². The lowest BCUT2D eigenvalue weighted by Crippen LogP contribution is -2.22. The Morgan fingerprint density at radius 1 is 1.31 bits per heavy atom. The molecule has 1 aromatic carbocycles. The molecule has 4 atom stereocenters. The van der Waals surface area contributed by atoms with Gasteiger partial charge in [0.2, 0.25) is 0 Å². The van der Waals surface area contributed by atoms with Crippen LogP contribution in [0.15, 0.2) is 29.2 Å². The monoisotopic (exact) mass is 436 g/mol. The summed E-state index contributed by atoms with van der Waals surface area (Å²) < 4.78 is 74.9. The summed E-state index contributed by atoms with van der Waals surface area (Å²) >= 11 is 0. The van der Waals surface area contributed by atoms with Gasteiger partial charge in [-0.25, -0.2) is 0 Å². The number of epoxide rings is 1. The maximum absolute atomic E-state index is 12.4. The highest BCUT2D eigenvalue weighted by Gasteiger charge is 2.60. The molecule has 0 spiro atoms. The minimum absolute atomic E-state index is 0.00225. The first-order valence-corrected chi connectivity index (χ1v) is 10.7. The largest absolute Gasteiger partial charge is 0.462 e. The van der Waals surface area contributed by atoms with Crippen LogP contribution < -0.4 is 0 Å². The van der Waals surface area contributed by atoms with Crippen LogP contribution in [0.3, 0.4) is 0 Å². The summed E-state index contributed by atoms with van der Waals surface area (Å²) in [5.74, 6) is -0.224. The Morgan fingerprint density at radius 2 is 1.93 bits per heavy atom. The molecule has 2 aliphatic rings. The van der Waals surface area contributed by atoms with Crippen molar-refractivity contribution in [2.45, 2.75) is 49.8 Å². The van der Waals surface area contributed by atoms with Gasteiger partial charge < -0.3 is 9.47 Å². The molecule has 3 rings (SSSR count). The van der Waals surface area contributed by atoms with Gasteiger partial charge in [-0.1, -0.05) is 19.1 Å². The van der Waals surface area contributed by atoms with Crippen molar-refractivity contribution in [3.05, 3.63) is 29.8 Å². The third-order valence-electron chi connectivity index (χ3n) is 5.47. The summed E-state index contributed by atoms with van der Waals surface area (Å²) in [6, 6.07) is 5.57. The number of esters is 1. The molecule has 1 aliphatic carbocycles. The second kappa shape index (κ2) is 7.88. The molecule has 2 fully saturated rings. The van der Waals surface area contributed by atoms with E-state index in [1.165, 1.54) is 12.1 Å². The van der Waals surface area contributed by atoms with E-state index in [4.69, 9.17) is 9.47 Å².